The molecule has 1 saturated heterocycles. The van der Waals surface area contributed by atoms with E-state index in [9.17, 15) is 4.79 Å². The van der Waals surface area contributed by atoms with E-state index in [2.05, 4.69) is 37.9 Å². The Hall–Kier alpha value is -3.83. The molecule has 1 fully saturated rings. The number of aryl methyl sites for hydroxylation is 1. The van der Waals surface area contributed by atoms with Crippen LogP contribution in [0.25, 0.3) is 11.6 Å². The average molecular weight is 532 g/mol. The molecule has 0 spiro atoms. The van der Waals surface area contributed by atoms with E-state index in [0.717, 1.165) is 52.8 Å². The van der Waals surface area contributed by atoms with E-state index in [1.54, 1.807) is 18.4 Å². The van der Waals surface area contributed by atoms with Gasteiger partial charge in [-0.05, 0) is 32.3 Å². The lowest BCUT2D eigenvalue weighted by Gasteiger charge is -2.24. The number of amides is 1. The van der Waals surface area contributed by atoms with Crippen LogP contribution < -0.4 is 15.5 Å². The number of fused-ring (bicyclic) bond motifs is 1. The van der Waals surface area contributed by atoms with Gasteiger partial charge in [0.15, 0.2) is 5.69 Å². The standard InChI is InChI=1S/C27H29N7O3S/c1-16-28-22(26(38-16)34-14-8-11-18(34)15-36-2)25-32-33-27(37-25)31-23-24(35)29-20-13-7-6-12-19(20)21(30-23)17-9-4-3-5-10-17/h3-7,9,12-13,17-18,23H,8,10-11,14-15H2,1-2H3,(H,29,35)(H,31,33). The Morgan fingerprint density at radius 2 is 2.16 bits per heavy atom. The molecule has 3 aliphatic rings. The monoisotopic (exact) mass is 531 g/mol. The van der Waals surface area contributed by atoms with E-state index in [-0.39, 0.29) is 23.9 Å². The van der Waals surface area contributed by atoms with Crippen molar-refractivity contribution in [1.82, 2.24) is 15.2 Å². The molecule has 0 radical (unpaired) electrons. The van der Waals surface area contributed by atoms with Crippen molar-refractivity contribution in [3.05, 3.63) is 59.1 Å². The number of benzodiazepines with no additional fused rings is 1. The minimum atomic E-state index is -0.939. The quantitative estimate of drug-likeness (QED) is 0.460. The lowest BCUT2D eigenvalue weighted by atomic mass is 9.90. The zero-order valence-electron chi connectivity index (χ0n) is 21.3. The Morgan fingerprint density at radius 1 is 1.26 bits per heavy atom. The highest BCUT2D eigenvalue weighted by Crippen LogP contribution is 2.39. The van der Waals surface area contributed by atoms with Crippen LogP contribution in [0.5, 0.6) is 0 Å². The third-order valence-corrected chi connectivity index (χ3v) is 7.92. The number of allylic oxidation sites excluding steroid dienone is 4. The molecule has 0 bridgehead atoms. The molecule has 11 heteroatoms. The molecule has 6 rings (SSSR count). The number of aliphatic imine (C=N–C) groups is 1. The number of rotatable bonds is 7. The molecule has 10 nitrogen and oxygen atoms in total. The molecule has 4 heterocycles. The zero-order valence-corrected chi connectivity index (χ0v) is 22.1. The first-order chi connectivity index (χ1) is 18.6. The molecule has 196 valence electrons. The number of thiazole rings is 1. The number of carbonyl (C=O) groups is 1. The number of nitrogens with zero attached hydrogens (tertiary/aromatic N) is 5. The normalized spacial score (nSPS) is 22.7. The van der Waals surface area contributed by atoms with Crippen molar-refractivity contribution in [3.63, 3.8) is 0 Å². The highest BCUT2D eigenvalue weighted by Gasteiger charge is 2.32. The molecule has 3 unspecified atom stereocenters. The van der Waals surface area contributed by atoms with Gasteiger partial charge >= 0.3 is 6.01 Å². The first-order valence-corrected chi connectivity index (χ1v) is 13.6. The number of anilines is 3. The fourth-order valence-electron chi connectivity index (χ4n) is 5.17. The minimum Gasteiger partial charge on any atom is -0.402 e. The van der Waals surface area contributed by atoms with Crippen molar-refractivity contribution >= 4 is 39.7 Å². The Morgan fingerprint density at radius 3 is 3.00 bits per heavy atom. The first-order valence-electron chi connectivity index (χ1n) is 12.8. The molecule has 38 heavy (non-hydrogen) atoms. The van der Waals surface area contributed by atoms with Crippen molar-refractivity contribution in [2.45, 2.75) is 38.4 Å². The van der Waals surface area contributed by atoms with E-state index in [0.29, 0.717) is 18.2 Å². The number of hydrogen-bond acceptors (Lipinski definition) is 10. The van der Waals surface area contributed by atoms with Gasteiger partial charge in [0.05, 0.1) is 23.4 Å². The minimum absolute atomic E-state index is 0.0532. The number of benzene rings is 1. The number of hydrogen-bond donors (Lipinski definition) is 2. The predicted molar refractivity (Wildman–Crippen MR) is 148 cm³/mol. The molecule has 1 amide bonds. The second-order valence-electron chi connectivity index (χ2n) is 9.50. The van der Waals surface area contributed by atoms with Gasteiger partial charge in [-0.15, -0.1) is 16.4 Å². The van der Waals surface area contributed by atoms with Gasteiger partial charge in [-0.1, -0.05) is 47.6 Å². The molecule has 3 atom stereocenters. The number of nitrogens with one attached hydrogen (secondary N) is 2. The van der Waals surface area contributed by atoms with Crippen LogP contribution in [0.15, 0.2) is 58.0 Å². The van der Waals surface area contributed by atoms with Crippen LogP contribution >= 0.6 is 11.3 Å². The SMILES string of the molecule is COCC1CCCN1c1sc(C)nc1-c1nnc(NC2N=C(C3C=CC=CC3)c3ccccc3NC2=O)o1. The van der Waals surface area contributed by atoms with Gasteiger partial charge in [-0.2, -0.15) is 0 Å². The zero-order chi connectivity index (χ0) is 26.1. The lowest BCUT2D eigenvalue weighted by Crippen LogP contribution is -2.33. The maximum Gasteiger partial charge on any atom is 0.317 e. The topological polar surface area (TPSA) is 118 Å². The number of aromatic nitrogens is 3. The molecular weight excluding hydrogens is 502 g/mol. The molecule has 2 aromatic heterocycles. The molecule has 3 aromatic rings. The molecular formula is C27H29N7O3S. The van der Waals surface area contributed by atoms with Crippen LogP contribution in [0.4, 0.5) is 16.7 Å². The molecule has 1 aromatic carbocycles. The summed E-state index contributed by atoms with van der Waals surface area (Å²) in [5.74, 6) is 0.0569. The van der Waals surface area contributed by atoms with Crippen molar-refractivity contribution in [2.24, 2.45) is 10.9 Å². The molecule has 0 saturated carbocycles. The second kappa shape index (κ2) is 10.5. The van der Waals surface area contributed by atoms with Gasteiger partial charge in [-0.25, -0.2) is 4.98 Å². The Kier molecular flexibility index (Phi) is 6.77. The second-order valence-corrected chi connectivity index (χ2v) is 10.7. The van der Waals surface area contributed by atoms with E-state index >= 15 is 0 Å². The lowest BCUT2D eigenvalue weighted by molar-refractivity contribution is -0.116. The van der Waals surface area contributed by atoms with Crippen LogP contribution in [0.1, 0.15) is 29.8 Å². The third-order valence-electron chi connectivity index (χ3n) is 6.91. The summed E-state index contributed by atoms with van der Waals surface area (Å²) < 4.78 is 11.4. The van der Waals surface area contributed by atoms with E-state index in [1.807, 2.05) is 43.3 Å². The predicted octanol–water partition coefficient (Wildman–Crippen LogP) is 4.43. The summed E-state index contributed by atoms with van der Waals surface area (Å²) in [5.41, 5.74) is 3.11. The Balaban J connectivity index is 1.29. The summed E-state index contributed by atoms with van der Waals surface area (Å²) in [5, 5.41) is 16.4. The molecule has 2 aliphatic heterocycles. The van der Waals surface area contributed by atoms with Gasteiger partial charge in [-0.3, -0.25) is 9.79 Å². The van der Waals surface area contributed by atoms with Crippen LogP contribution in [-0.2, 0) is 9.53 Å². The fourth-order valence-corrected chi connectivity index (χ4v) is 6.18. The van der Waals surface area contributed by atoms with Crippen molar-refractivity contribution < 1.29 is 13.9 Å². The summed E-state index contributed by atoms with van der Waals surface area (Å²) in [6.45, 7) is 3.54. The summed E-state index contributed by atoms with van der Waals surface area (Å²) in [4.78, 5) is 25.1. The van der Waals surface area contributed by atoms with Gasteiger partial charge in [0.2, 0.25) is 6.17 Å². The smallest absolute Gasteiger partial charge is 0.317 e. The number of ether oxygens (including phenoxy) is 1. The van der Waals surface area contributed by atoms with Gasteiger partial charge < -0.3 is 24.7 Å². The highest BCUT2D eigenvalue weighted by atomic mass is 32.1. The Bertz CT molecular complexity index is 1430. The van der Waals surface area contributed by atoms with Gasteiger partial charge in [0.1, 0.15) is 5.00 Å². The number of methoxy groups -OCH3 is 1. The van der Waals surface area contributed by atoms with Crippen molar-refractivity contribution in [2.75, 3.05) is 35.8 Å². The third kappa shape index (κ3) is 4.74. The number of carbonyl (C=O) groups excluding carboxylic acids is 1. The van der Waals surface area contributed by atoms with Crippen LogP contribution in [0.3, 0.4) is 0 Å². The summed E-state index contributed by atoms with van der Waals surface area (Å²) in [6.07, 6.45) is 10.3. The van der Waals surface area contributed by atoms with E-state index in [1.165, 1.54) is 0 Å². The van der Waals surface area contributed by atoms with Crippen molar-refractivity contribution in [3.8, 4) is 11.6 Å². The first kappa shape index (κ1) is 24.5. The van der Waals surface area contributed by atoms with E-state index in [4.69, 9.17) is 19.1 Å². The number of para-hydroxylation sites is 1. The Labute approximate surface area is 224 Å². The summed E-state index contributed by atoms with van der Waals surface area (Å²) in [7, 11) is 1.72. The average Bonchev–Trinajstić information content (AvgIpc) is 3.65. The van der Waals surface area contributed by atoms with Crippen molar-refractivity contribution in [1.29, 1.82) is 0 Å². The highest BCUT2D eigenvalue weighted by molar-refractivity contribution is 7.16. The van der Waals surface area contributed by atoms with Crippen LogP contribution in [0, 0.1) is 12.8 Å². The molecule has 2 N–H and O–H groups in total. The van der Waals surface area contributed by atoms with Gasteiger partial charge in [0, 0.05) is 30.8 Å². The maximum atomic E-state index is 13.2. The summed E-state index contributed by atoms with van der Waals surface area (Å²) >= 11 is 1.61. The fraction of sp³-hybridized carbons (Fsp3) is 0.370. The maximum absolute atomic E-state index is 13.2. The van der Waals surface area contributed by atoms with Gasteiger partial charge in [0.25, 0.3) is 11.8 Å². The van der Waals surface area contributed by atoms with Crippen LogP contribution in [0.2, 0.25) is 0 Å². The van der Waals surface area contributed by atoms with E-state index < -0.39 is 6.17 Å². The molecule has 1 aliphatic carbocycles. The summed E-state index contributed by atoms with van der Waals surface area (Å²) in [6, 6.07) is 8.11. The van der Waals surface area contributed by atoms with Crippen LogP contribution in [-0.4, -0.2) is 59.3 Å². The largest absolute Gasteiger partial charge is 0.402 e.